The van der Waals surface area contributed by atoms with E-state index in [2.05, 4.69) is 5.32 Å². The lowest BCUT2D eigenvalue weighted by atomic mass is 10.3. The van der Waals surface area contributed by atoms with Crippen LogP contribution in [0.5, 0.6) is 0 Å². The molecule has 0 bridgehead atoms. The Morgan fingerprint density at radius 3 is 2.88 bits per heavy atom. The molecule has 0 amide bonds. The van der Waals surface area contributed by atoms with Gasteiger partial charge in [0.2, 0.25) is 0 Å². The minimum atomic E-state index is -0.375. The molecular weight excluding hydrogens is 228 g/mol. The van der Waals surface area contributed by atoms with E-state index in [0.29, 0.717) is 4.90 Å². The van der Waals surface area contributed by atoms with E-state index in [0.717, 1.165) is 30.8 Å². The van der Waals surface area contributed by atoms with E-state index in [9.17, 15) is 8.78 Å². The molecule has 4 heteroatoms. The topological polar surface area (TPSA) is 12.0 Å². The second-order valence-electron chi connectivity index (χ2n) is 4.01. The molecule has 1 aromatic carbocycles. The Morgan fingerprint density at radius 2 is 2.12 bits per heavy atom. The molecule has 88 valence electrons. The molecule has 0 aromatic heterocycles. The molecule has 0 saturated heterocycles. The molecule has 0 unspecified atom stereocenters. The number of benzene rings is 1. The van der Waals surface area contributed by atoms with Crippen LogP contribution in [0.3, 0.4) is 0 Å². The van der Waals surface area contributed by atoms with Crippen molar-refractivity contribution in [3.05, 3.63) is 29.8 Å². The molecule has 0 heterocycles. The van der Waals surface area contributed by atoms with Crippen molar-refractivity contribution in [2.45, 2.75) is 30.2 Å². The normalized spacial score (nSPS) is 15.4. The molecule has 1 aliphatic rings. The summed E-state index contributed by atoms with van der Waals surface area (Å²) in [5, 5.41) is 3.39. The van der Waals surface area contributed by atoms with Crippen LogP contribution in [0, 0.1) is 11.6 Å². The molecule has 0 aliphatic heterocycles. The van der Waals surface area contributed by atoms with Gasteiger partial charge in [0.25, 0.3) is 0 Å². The van der Waals surface area contributed by atoms with Crippen molar-refractivity contribution < 1.29 is 8.78 Å². The van der Waals surface area contributed by atoms with Crippen LogP contribution in [0.2, 0.25) is 0 Å². The Bertz CT molecular complexity index is 353. The monoisotopic (exact) mass is 243 g/mol. The average molecular weight is 243 g/mol. The van der Waals surface area contributed by atoms with Gasteiger partial charge in [0.05, 0.1) is 0 Å². The highest BCUT2D eigenvalue weighted by Gasteiger charge is 2.19. The van der Waals surface area contributed by atoms with E-state index in [1.165, 1.54) is 36.7 Å². The van der Waals surface area contributed by atoms with E-state index in [1.807, 2.05) is 0 Å². The number of hydrogen-bond donors (Lipinski definition) is 1. The molecule has 0 spiro atoms. The van der Waals surface area contributed by atoms with Crippen LogP contribution in [-0.2, 0) is 0 Å². The minimum absolute atomic E-state index is 0.332. The first-order valence-electron chi connectivity index (χ1n) is 5.57. The molecule has 16 heavy (non-hydrogen) atoms. The smallest absolute Gasteiger partial charge is 0.136 e. The van der Waals surface area contributed by atoms with Gasteiger partial charge < -0.3 is 5.32 Å². The van der Waals surface area contributed by atoms with Crippen molar-refractivity contribution in [2.75, 3.05) is 12.3 Å². The quantitative estimate of drug-likeness (QED) is 0.608. The lowest BCUT2D eigenvalue weighted by Gasteiger charge is -2.04. The summed E-state index contributed by atoms with van der Waals surface area (Å²) in [7, 11) is 0. The summed E-state index contributed by atoms with van der Waals surface area (Å²) in [6.07, 6.45) is 3.55. The first-order valence-corrected chi connectivity index (χ1v) is 6.55. The molecule has 1 nitrogen and oxygen atoms in total. The lowest BCUT2D eigenvalue weighted by Crippen LogP contribution is -2.17. The molecule has 1 aromatic rings. The predicted octanol–water partition coefficient (Wildman–Crippen LogP) is 3.20. The Balaban J connectivity index is 1.69. The number of thioether (sulfide) groups is 1. The average Bonchev–Trinajstić information content (AvgIpc) is 3.06. The van der Waals surface area contributed by atoms with Crippen LogP contribution in [0.15, 0.2) is 23.1 Å². The predicted molar refractivity (Wildman–Crippen MR) is 62.7 cm³/mol. The van der Waals surface area contributed by atoms with Gasteiger partial charge in [-0.05, 0) is 49.8 Å². The van der Waals surface area contributed by atoms with Crippen molar-refractivity contribution in [3.8, 4) is 0 Å². The van der Waals surface area contributed by atoms with Gasteiger partial charge in [-0.15, -0.1) is 11.8 Å². The van der Waals surface area contributed by atoms with Crippen molar-refractivity contribution in [2.24, 2.45) is 0 Å². The van der Waals surface area contributed by atoms with Gasteiger partial charge in [-0.3, -0.25) is 0 Å². The molecule has 2 rings (SSSR count). The summed E-state index contributed by atoms with van der Waals surface area (Å²) in [4.78, 5) is 0.409. The molecule has 0 atom stereocenters. The fourth-order valence-electron chi connectivity index (χ4n) is 1.44. The first kappa shape index (κ1) is 11.9. The van der Waals surface area contributed by atoms with Crippen LogP contribution in [0.4, 0.5) is 8.78 Å². The summed E-state index contributed by atoms with van der Waals surface area (Å²) in [5.74, 6) is 0.113. The number of hydrogen-bond acceptors (Lipinski definition) is 2. The third-order valence-electron chi connectivity index (χ3n) is 2.48. The van der Waals surface area contributed by atoms with Gasteiger partial charge in [0, 0.05) is 10.9 Å². The van der Waals surface area contributed by atoms with Crippen molar-refractivity contribution in [3.63, 3.8) is 0 Å². The maximum atomic E-state index is 13.2. The lowest BCUT2D eigenvalue weighted by molar-refractivity contribution is 0.577. The first-order chi connectivity index (χ1) is 7.75. The Morgan fingerprint density at radius 1 is 1.31 bits per heavy atom. The van der Waals surface area contributed by atoms with Crippen LogP contribution >= 0.6 is 11.8 Å². The maximum absolute atomic E-state index is 13.2. The zero-order valence-corrected chi connectivity index (χ0v) is 9.83. The van der Waals surface area contributed by atoms with Crippen molar-refractivity contribution in [1.29, 1.82) is 0 Å². The molecule has 1 saturated carbocycles. The number of rotatable bonds is 6. The maximum Gasteiger partial charge on any atom is 0.136 e. The van der Waals surface area contributed by atoms with Crippen molar-refractivity contribution in [1.82, 2.24) is 5.32 Å². The molecular formula is C12H15F2NS. The second kappa shape index (κ2) is 5.64. The summed E-state index contributed by atoms with van der Waals surface area (Å²) in [5.41, 5.74) is 0. The fraction of sp³-hybridized carbons (Fsp3) is 0.500. The summed E-state index contributed by atoms with van der Waals surface area (Å²) < 4.78 is 26.1. The van der Waals surface area contributed by atoms with Gasteiger partial charge >= 0.3 is 0 Å². The van der Waals surface area contributed by atoms with Gasteiger partial charge in [-0.2, -0.15) is 0 Å². The van der Waals surface area contributed by atoms with Gasteiger partial charge in [0.15, 0.2) is 0 Å². The van der Waals surface area contributed by atoms with Gasteiger partial charge in [-0.1, -0.05) is 0 Å². The highest BCUT2D eigenvalue weighted by atomic mass is 32.2. The molecule has 0 radical (unpaired) electrons. The van der Waals surface area contributed by atoms with E-state index in [-0.39, 0.29) is 11.6 Å². The van der Waals surface area contributed by atoms with Gasteiger partial charge in [0.1, 0.15) is 11.6 Å². The third-order valence-corrected chi connectivity index (χ3v) is 3.60. The Hall–Kier alpha value is -0.610. The highest BCUT2D eigenvalue weighted by molar-refractivity contribution is 7.99. The SMILES string of the molecule is Fc1ccc(F)c(SCCCNC2CC2)c1. The standard InChI is InChI=1S/C12H15F2NS/c13-9-2-5-11(14)12(8-9)16-7-1-6-15-10-3-4-10/h2,5,8,10,15H,1,3-4,6-7H2. The molecule has 1 fully saturated rings. The Labute approximate surface area is 98.6 Å². The zero-order chi connectivity index (χ0) is 11.4. The fourth-order valence-corrected chi connectivity index (χ4v) is 2.35. The summed E-state index contributed by atoms with van der Waals surface area (Å²) >= 11 is 1.38. The van der Waals surface area contributed by atoms with E-state index in [4.69, 9.17) is 0 Å². The second-order valence-corrected chi connectivity index (χ2v) is 5.14. The molecule has 1 aliphatic carbocycles. The summed E-state index contributed by atoms with van der Waals surface area (Å²) in [6.45, 7) is 0.967. The number of nitrogens with one attached hydrogen (secondary N) is 1. The van der Waals surface area contributed by atoms with Crippen LogP contribution in [0.1, 0.15) is 19.3 Å². The largest absolute Gasteiger partial charge is 0.314 e. The molecule has 1 N–H and O–H groups in total. The van der Waals surface area contributed by atoms with E-state index >= 15 is 0 Å². The summed E-state index contributed by atoms with van der Waals surface area (Å²) in [6, 6.07) is 4.30. The minimum Gasteiger partial charge on any atom is -0.314 e. The van der Waals surface area contributed by atoms with Crippen molar-refractivity contribution >= 4 is 11.8 Å². The van der Waals surface area contributed by atoms with Crippen LogP contribution in [0.25, 0.3) is 0 Å². The number of halogens is 2. The van der Waals surface area contributed by atoms with Crippen LogP contribution in [-0.4, -0.2) is 18.3 Å². The zero-order valence-electron chi connectivity index (χ0n) is 9.01. The Kier molecular flexibility index (Phi) is 4.18. The van der Waals surface area contributed by atoms with Crippen LogP contribution < -0.4 is 5.32 Å². The van der Waals surface area contributed by atoms with E-state index < -0.39 is 0 Å². The third kappa shape index (κ3) is 3.76. The highest BCUT2D eigenvalue weighted by Crippen LogP contribution is 2.23. The van der Waals surface area contributed by atoms with Gasteiger partial charge in [-0.25, -0.2) is 8.78 Å². The van der Waals surface area contributed by atoms with E-state index in [1.54, 1.807) is 0 Å².